The van der Waals surface area contributed by atoms with Crippen molar-refractivity contribution in [3.8, 4) is 0 Å². The highest BCUT2D eigenvalue weighted by Gasteiger charge is 2.18. The van der Waals surface area contributed by atoms with Crippen LogP contribution in [0.1, 0.15) is 6.92 Å². The number of nitrogens with one attached hydrogen (secondary N) is 1. The number of aromatic nitrogens is 4. The smallest absolute Gasteiger partial charge is 0.327 e. The Labute approximate surface area is 125 Å². The number of anilines is 1. The summed E-state index contributed by atoms with van der Waals surface area (Å²) >= 11 is 0. The average molecular weight is 307 g/mol. The number of hydrogen-bond acceptors (Lipinski definition) is 7. The van der Waals surface area contributed by atoms with Crippen LogP contribution in [-0.2, 0) is 20.8 Å². The van der Waals surface area contributed by atoms with Gasteiger partial charge in [-0.1, -0.05) is 0 Å². The summed E-state index contributed by atoms with van der Waals surface area (Å²) in [6.45, 7) is 4.44. The van der Waals surface area contributed by atoms with Gasteiger partial charge < -0.3 is 14.4 Å². The van der Waals surface area contributed by atoms with Gasteiger partial charge in [-0.2, -0.15) is 10.1 Å². The van der Waals surface area contributed by atoms with E-state index in [1.807, 2.05) is 4.90 Å². The molecule has 22 heavy (non-hydrogen) atoms. The molecule has 0 bridgehead atoms. The minimum absolute atomic E-state index is 0.0731. The van der Waals surface area contributed by atoms with E-state index < -0.39 is 5.97 Å². The van der Waals surface area contributed by atoms with Gasteiger partial charge in [-0.15, -0.1) is 0 Å². The van der Waals surface area contributed by atoms with E-state index in [0.29, 0.717) is 49.9 Å². The normalized spacial score (nSPS) is 15.2. The number of rotatable bonds is 4. The molecule has 9 nitrogen and oxygen atoms in total. The predicted molar refractivity (Wildman–Crippen MR) is 77.8 cm³/mol. The van der Waals surface area contributed by atoms with Gasteiger partial charge in [-0.25, -0.2) is 4.68 Å². The topological polar surface area (TPSA) is 102 Å². The Morgan fingerprint density at radius 1 is 1.45 bits per heavy atom. The Balaban J connectivity index is 1.96. The molecular weight excluding hydrogens is 290 g/mol. The van der Waals surface area contributed by atoms with Crippen molar-refractivity contribution in [3.05, 3.63) is 16.6 Å². The summed E-state index contributed by atoms with van der Waals surface area (Å²) in [5.74, 6) is 0.0499. The molecule has 1 N–H and O–H groups in total. The van der Waals surface area contributed by atoms with Gasteiger partial charge in [0.1, 0.15) is 11.9 Å². The van der Waals surface area contributed by atoms with E-state index >= 15 is 0 Å². The number of H-pyrrole nitrogens is 1. The number of ether oxygens (including phenoxy) is 2. The Morgan fingerprint density at radius 3 is 2.95 bits per heavy atom. The standard InChI is InChI=1S/C13H17N5O4/c1-2-22-10(19)8-18-11-9(7-14-18)12(20)16-13(15-11)17-3-5-21-6-4-17/h7H,2-6,8H2,1H3,(H,15,16,20). The molecule has 0 unspecified atom stereocenters. The third-order valence-corrected chi connectivity index (χ3v) is 3.39. The van der Waals surface area contributed by atoms with Crippen molar-refractivity contribution in [2.45, 2.75) is 13.5 Å². The van der Waals surface area contributed by atoms with Crippen molar-refractivity contribution in [2.75, 3.05) is 37.8 Å². The summed E-state index contributed by atoms with van der Waals surface area (Å²) in [5.41, 5.74) is 0.0971. The summed E-state index contributed by atoms with van der Waals surface area (Å²) in [6, 6.07) is 0. The highest BCUT2D eigenvalue weighted by Crippen LogP contribution is 2.13. The molecule has 0 aromatic carbocycles. The fourth-order valence-electron chi connectivity index (χ4n) is 2.32. The van der Waals surface area contributed by atoms with Crippen LogP contribution in [0.3, 0.4) is 0 Å². The highest BCUT2D eigenvalue weighted by molar-refractivity contribution is 5.77. The van der Waals surface area contributed by atoms with Crippen LogP contribution in [0.25, 0.3) is 11.0 Å². The maximum atomic E-state index is 12.1. The molecule has 118 valence electrons. The lowest BCUT2D eigenvalue weighted by Gasteiger charge is -2.27. The van der Waals surface area contributed by atoms with Gasteiger partial charge in [-0.05, 0) is 6.92 Å². The zero-order valence-electron chi connectivity index (χ0n) is 12.2. The van der Waals surface area contributed by atoms with Gasteiger partial charge >= 0.3 is 5.97 Å². The van der Waals surface area contributed by atoms with Crippen molar-refractivity contribution < 1.29 is 14.3 Å². The van der Waals surface area contributed by atoms with Crippen molar-refractivity contribution in [1.82, 2.24) is 19.7 Å². The Kier molecular flexibility index (Phi) is 4.05. The number of nitrogens with zero attached hydrogens (tertiary/aromatic N) is 4. The molecule has 0 saturated carbocycles. The first kappa shape index (κ1) is 14.5. The van der Waals surface area contributed by atoms with E-state index in [2.05, 4.69) is 15.1 Å². The van der Waals surface area contributed by atoms with E-state index in [1.165, 1.54) is 10.9 Å². The van der Waals surface area contributed by atoms with E-state index in [9.17, 15) is 9.59 Å². The number of fused-ring (bicyclic) bond motifs is 1. The quantitative estimate of drug-likeness (QED) is 0.761. The maximum absolute atomic E-state index is 12.1. The van der Waals surface area contributed by atoms with Crippen LogP contribution in [0.15, 0.2) is 11.0 Å². The number of hydrogen-bond donors (Lipinski definition) is 1. The SMILES string of the molecule is CCOC(=O)Cn1ncc2c(=O)[nH]c(N3CCOCC3)nc21. The van der Waals surface area contributed by atoms with Crippen LogP contribution in [0.2, 0.25) is 0 Å². The van der Waals surface area contributed by atoms with Gasteiger partial charge in [0.2, 0.25) is 5.95 Å². The number of esters is 1. The van der Waals surface area contributed by atoms with Crippen LogP contribution < -0.4 is 10.5 Å². The highest BCUT2D eigenvalue weighted by atomic mass is 16.5. The van der Waals surface area contributed by atoms with Crippen molar-refractivity contribution >= 4 is 23.0 Å². The van der Waals surface area contributed by atoms with Crippen LogP contribution in [0.5, 0.6) is 0 Å². The van der Waals surface area contributed by atoms with Gasteiger partial charge in [0.05, 0.1) is 26.0 Å². The zero-order valence-corrected chi connectivity index (χ0v) is 12.2. The molecule has 1 aliphatic rings. The number of carbonyl (C=O) groups excluding carboxylic acids is 1. The fraction of sp³-hybridized carbons (Fsp3) is 0.538. The molecule has 2 aromatic heterocycles. The molecular formula is C13H17N5O4. The number of aromatic amines is 1. The van der Waals surface area contributed by atoms with Crippen LogP contribution in [-0.4, -0.2) is 58.6 Å². The van der Waals surface area contributed by atoms with Crippen molar-refractivity contribution in [2.24, 2.45) is 0 Å². The summed E-state index contributed by atoms with van der Waals surface area (Å²) < 4.78 is 11.6. The second kappa shape index (κ2) is 6.14. The predicted octanol–water partition coefficient (Wildman–Crippen LogP) is -0.481. The second-order valence-corrected chi connectivity index (χ2v) is 4.83. The monoisotopic (exact) mass is 307 g/mol. The number of carbonyl (C=O) groups is 1. The minimum Gasteiger partial charge on any atom is -0.465 e. The summed E-state index contributed by atoms with van der Waals surface area (Å²) in [7, 11) is 0. The number of morpholine rings is 1. The summed E-state index contributed by atoms with van der Waals surface area (Å²) in [4.78, 5) is 32.9. The third kappa shape index (κ3) is 2.80. The molecule has 1 fully saturated rings. The van der Waals surface area contributed by atoms with Gasteiger partial charge in [0.25, 0.3) is 5.56 Å². The molecule has 3 rings (SSSR count). The first-order chi connectivity index (χ1) is 10.7. The van der Waals surface area contributed by atoms with E-state index in [-0.39, 0.29) is 12.1 Å². The molecule has 0 aliphatic carbocycles. The lowest BCUT2D eigenvalue weighted by molar-refractivity contribution is -0.143. The molecule has 0 spiro atoms. The van der Waals surface area contributed by atoms with E-state index in [0.717, 1.165) is 0 Å². The van der Waals surface area contributed by atoms with Crippen molar-refractivity contribution in [1.29, 1.82) is 0 Å². The Bertz CT molecular complexity index is 732. The van der Waals surface area contributed by atoms with Crippen LogP contribution in [0.4, 0.5) is 5.95 Å². The van der Waals surface area contributed by atoms with Crippen LogP contribution >= 0.6 is 0 Å². The largest absolute Gasteiger partial charge is 0.465 e. The molecule has 0 atom stereocenters. The molecule has 0 radical (unpaired) electrons. The van der Waals surface area contributed by atoms with Gasteiger partial charge in [0.15, 0.2) is 5.65 Å². The first-order valence-corrected chi connectivity index (χ1v) is 7.13. The molecule has 9 heteroatoms. The molecule has 3 heterocycles. The average Bonchev–Trinajstić information content (AvgIpc) is 2.92. The second-order valence-electron chi connectivity index (χ2n) is 4.83. The maximum Gasteiger partial charge on any atom is 0.327 e. The summed E-state index contributed by atoms with van der Waals surface area (Å²) in [6.07, 6.45) is 1.41. The third-order valence-electron chi connectivity index (χ3n) is 3.39. The summed E-state index contributed by atoms with van der Waals surface area (Å²) in [5, 5.41) is 4.40. The lowest BCUT2D eigenvalue weighted by atomic mass is 10.4. The first-order valence-electron chi connectivity index (χ1n) is 7.13. The molecule has 1 aliphatic heterocycles. The minimum atomic E-state index is -0.414. The van der Waals surface area contributed by atoms with Gasteiger partial charge in [-0.3, -0.25) is 14.6 Å². The molecule has 1 saturated heterocycles. The van der Waals surface area contributed by atoms with Gasteiger partial charge in [0, 0.05) is 13.1 Å². The Morgan fingerprint density at radius 2 is 2.23 bits per heavy atom. The van der Waals surface area contributed by atoms with E-state index in [4.69, 9.17) is 9.47 Å². The zero-order chi connectivity index (χ0) is 15.5. The molecule has 2 aromatic rings. The molecule has 0 amide bonds. The van der Waals surface area contributed by atoms with Crippen molar-refractivity contribution in [3.63, 3.8) is 0 Å². The van der Waals surface area contributed by atoms with E-state index in [1.54, 1.807) is 6.92 Å². The van der Waals surface area contributed by atoms with Crippen LogP contribution in [0, 0.1) is 0 Å². The Hall–Kier alpha value is -2.42. The lowest BCUT2D eigenvalue weighted by Crippen LogP contribution is -2.38. The fourth-order valence-corrected chi connectivity index (χ4v) is 2.32.